The minimum atomic E-state index is 0.641. The van der Waals surface area contributed by atoms with Crippen LogP contribution in [-0.4, -0.2) is 11.2 Å². The van der Waals surface area contributed by atoms with Crippen LogP contribution < -0.4 is 10.5 Å². The fourth-order valence-corrected chi connectivity index (χ4v) is 2.44. The van der Waals surface area contributed by atoms with Crippen molar-refractivity contribution in [3.63, 3.8) is 0 Å². The number of ether oxygens (including phenoxy) is 1. The smallest absolute Gasteiger partial charge is 0.119 e. The second-order valence-electron chi connectivity index (χ2n) is 4.94. The summed E-state index contributed by atoms with van der Waals surface area (Å²) >= 11 is 0. The largest absolute Gasteiger partial charge is 0.492 e. The van der Waals surface area contributed by atoms with Gasteiger partial charge in [0.2, 0.25) is 0 Å². The molecule has 2 N–H and O–H groups in total. The molecule has 0 aliphatic rings. The van der Waals surface area contributed by atoms with Crippen molar-refractivity contribution in [1.82, 2.24) is 4.57 Å². The van der Waals surface area contributed by atoms with Gasteiger partial charge >= 0.3 is 0 Å². The summed E-state index contributed by atoms with van der Waals surface area (Å²) < 4.78 is 7.98. The zero-order chi connectivity index (χ0) is 13.9. The topological polar surface area (TPSA) is 40.2 Å². The SMILES string of the molecule is Cc1cn(CCOc2ccc(N)cc2)c2ccccc12. The molecule has 0 spiro atoms. The van der Waals surface area contributed by atoms with Crippen LogP contribution in [-0.2, 0) is 6.54 Å². The Morgan fingerprint density at radius 3 is 2.60 bits per heavy atom. The van der Waals surface area contributed by atoms with E-state index in [1.54, 1.807) is 0 Å². The molecule has 3 heteroatoms. The molecule has 20 heavy (non-hydrogen) atoms. The Bertz CT molecular complexity index is 713. The molecule has 3 aromatic rings. The summed E-state index contributed by atoms with van der Waals surface area (Å²) in [6.45, 7) is 3.61. The average Bonchev–Trinajstić information content (AvgIpc) is 2.79. The zero-order valence-corrected chi connectivity index (χ0v) is 11.5. The highest BCUT2D eigenvalue weighted by molar-refractivity contribution is 5.83. The van der Waals surface area contributed by atoms with Crippen molar-refractivity contribution >= 4 is 16.6 Å². The van der Waals surface area contributed by atoms with Crippen LogP contribution in [0, 0.1) is 6.92 Å². The lowest BCUT2D eigenvalue weighted by Crippen LogP contribution is -2.07. The van der Waals surface area contributed by atoms with Gasteiger partial charge in [-0.1, -0.05) is 18.2 Å². The van der Waals surface area contributed by atoms with Gasteiger partial charge < -0.3 is 15.0 Å². The Balaban J connectivity index is 1.70. The quantitative estimate of drug-likeness (QED) is 0.733. The van der Waals surface area contributed by atoms with Crippen molar-refractivity contribution in [2.45, 2.75) is 13.5 Å². The number of hydrogen-bond acceptors (Lipinski definition) is 2. The molecule has 0 unspecified atom stereocenters. The van der Waals surface area contributed by atoms with E-state index in [4.69, 9.17) is 10.5 Å². The number of fused-ring (bicyclic) bond motifs is 1. The fourth-order valence-electron chi connectivity index (χ4n) is 2.44. The first kappa shape index (κ1) is 12.6. The molecule has 0 fully saturated rings. The molecule has 0 saturated carbocycles. The Labute approximate surface area is 118 Å². The summed E-state index contributed by atoms with van der Waals surface area (Å²) in [4.78, 5) is 0. The first-order chi connectivity index (χ1) is 9.74. The number of hydrogen-bond donors (Lipinski definition) is 1. The van der Waals surface area contributed by atoms with E-state index in [-0.39, 0.29) is 0 Å². The fraction of sp³-hybridized carbons (Fsp3) is 0.176. The number of nitrogens with two attached hydrogens (primary N) is 1. The number of anilines is 1. The van der Waals surface area contributed by atoms with Gasteiger partial charge in [0.25, 0.3) is 0 Å². The lowest BCUT2D eigenvalue weighted by molar-refractivity contribution is 0.300. The number of aryl methyl sites for hydroxylation is 1. The molecule has 0 amide bonds. The van der Waals surface area contributed by atoms with Crippen LogP contribution >= 0.6 is 0 Å². The van der Waals surface area contributed by atoms with Crippen LogP contribution in [0.3, 0.4) is 0 Å². The predicted octanol–water partition coefficient (Wildman–Crippen LogP) is 3.61. The standard InChI is InChI=1S/C17H18N2O/c1-13-12-19(17-5-3-2-4-16(13)17)10-11-20-15-8-6-14(18)7-9-15/h2-9,12H,10-11,18H2,1H3. The van der Waals surface area contributed by atoms with Crippen LogP contribution in [0.2, 0.25) is 0 Å². The molecule has 2 aromatic carbocycles. The molecule has 0 aliphatic heterocycles. The predicted molar refractivity (Wildman–Crippen MR) is 83.0 cm³/mol. The maximum Gasteiger partial charge on any atom is 0.119 e. The number of aromatic nitrogens is 1. The average molecular weight is 266 g/mol. The summed E-state index contributed by atoms with van der Waals surface area (Å²) in [6, 6.07) is 15.9. The highest BCUT2D eigenvalue weighted by atomic mass is 16.5. The third kappa shape index (κ3) is 2.48. The van der Waals surface area contributed by atoms with E-state index < -0.39 is 0 Å². The first-order valence-corrected chi connectivity index (χ1v) is 6.77. The molecule has 1 aromatic heterocycles. The Hall–Kier alpha value is -2.42. The van der Waals surface area contributed by atoms with Gasteiger partial charge in [-0.3, -0.25) is 0 Å². The summed E-state index contributed by atoms with van der Waals surface area (Å²) in [5, 5.41) is 1.31. The van der Waals surface area contributed by atoms with Crippen molar-refractivity contribution in [3.05, 3.63) is 60.3 Å². The Kier molecular flexibility index (Phi) is 3.33. The van der Waals surface area contributed by atoms with E-state index >= 15 is 0 Å². The van der Waals surface area contributed by atoms with Crippen LogP contribution in [0.15, 0.2) is 54.7 Å². The van der Waals surface area contributed by atoms with E-state index in [0.29, 0.717) is 6.61 Å². The van der Waals surface area contributed by atoms with Crippen molar-refractivity contribution in [1.29, 1.82) is 0 Å². The van der Waals surface area contributed by atoms with E-state index in [0.717, 1.165) is 18.0 Å². The molecule has 0 radical (unpaired) electrons. The summed E-state index contributed by atoms with van der Waals surface area (Å²) in [5.74, 6) is 0.854. The van der Waals surface area contributed by atoms with Crippen LogP contribution in [0.1, 0.15) is 5.56 Å². The van der Waals surface area contributed by atoms with Crippen LogP contribution in [0.25, 0.3) is 10.9 Å². The van der Waals surface area contributed by atoms with E-state index in [2.05, 4.69) is 42.0 Å². The third-order valence-corrected chi connectivity index (χ3v) is 3.47. The maximum atomic E-state index is 5.75. The van der Waals surface area contributed by atoms with Gasteiger partial charge in [0.05, 0.1) is 6.54 Å². The van der Waals surface area contributed by atoms with Gasteiger partial charge in [-0.25, -0.2) is 0 Å². The minimum Gasteiger partial charge on any atom is -0.492 e. The van der Waals surface area contributed by atoms with Crippen molar-refractivity contribution in [2.24, 2.45) is 0 Å². The van der Waals surface area contributed by atoms with Crippen LogP contribution in [0.4, 0.5) is 5.69 Å². The number of benzene rings is 2. The van der Waals surface area contributed by atoms with Gasteiger partial charge in [0.15, 0.2) is 0 Å². The lowest BCUT2D eigenvalue weighted by Gasteiger charge is -2.08. The second kappa shape index (κ2) is 5.29. The zero-order valence-electron chi connectivity index (χ0n) is 11.5. The molecule has 0 atom stereocenters. The lowest BCUT2D eigenvalue weighted by atomic mass is 10.2. The van der Waals surface area contributed by atoms with Crippen LogP contribution in [0.5, 0.6) is 5.75 Å². The molecular weight excluding hydrogens is 248 g/mol. The van der Waals surface area contributed by atoms with E-state index in [1.807, 2.05) is 24.3 Å². The maximum absolute atomic E-state index is 5.75. The summed E-state index contributed by atoms with van der Waals surface area (Å²) in [5.41, 5.74) is 8.96. The van der Waals surface area contributed by atoms with Crippen molar-refractivity contribution in [2.75, 3.05) is 12.3 Å². The minimum absolute atomic E-state index is 0.641. The van der Waals surface area contributed by atoms with E-state index in [1.165, 1.54) is 16.5 Å². The number of para-hydroxylation sites is 1. The number of rotatable bonds is 4. The molecular formula is C17H18N2O. The Morgan fingerprint density at radius 1 is 1.05 bits per heavy atom. The van der Waals surface area contributed by atoms with Gasteiger partial charge in [0.1, 0.15) is 12.4 Å². The van der Waals surface area contributed by atoms with Crippen molar-refractivity contribution in [3.8, 4) is 5.75 Å². The van der Waals surface area contributed by atoms with Gasteiger partial charge in [-0.15, -0.1) is 0 Å². The second-order valence-corrected chi connectivity index (χ2v) is 4.94. The molecule has 3 nitrogen and oxygen atoms in total. The van der Waals surface area contributed by atoms with Crippen molar-refractivity contribution < 1.29 is 4.74 Å². The Morgan fingerprint density at radius 2 is 1.80 bits per heavy atom. The highest BCUT2D eigenvalue weighted by Crippen LogP contribution is 2.20. The molecule has 0 bridgehead atoms. The molecule has 102 valence electrons. The first-order valence-electron chi connectivity index (χ1n) is 6.77. The summed E-state index contributed by atoms with van der Waals surface area (Å²) in [7, 11) is 0. The third-order valence-electron chi connectivity index (χ3n) is 3.47. The molecule has 0 saturated heterocycles. The van der Waals surface area contributed by atoms with E-state index in [9.17, 15) is 0 Å². The van der Waals surface area contributed by atoms with Gasteiger partial charge in [-0.05, 0) is 42.8 Å². The molecule has 3 rings (SSSR count). The normalized spacial score (nSPS) is 10.8. The molecule has 0 aliphatic carbocycles. The number of nitrogen functional groups attached to an aromatic ring is 1. The summed E-state index contributed by atoms with van der Waals surface area (Å²) in [6.07, 6.45) is 2.18. The highest BCUT2D eigenvalue weighted by Gasteiger charge is 2.04. The number of nitrogens with zero attached hydrogens (tertiary/aromatic N) is 1. The van der Waals surface area contributed by atoms with Gasteiger partial charge in [-0.2, -0.15) is 0 Å². The molecule has 1 heterocycles. The monoisotopic (exact) mass is 266 g/mol. The van der Waals surface area contributed by atoms with Gasteiger partial charge in [0, 0.05) is 22.8 Å².